The van der Waals surface area contributed by atoms with Gasteiger partial charge < -0.3 is 20.3 Å². The Hall–Kier alpha value is -5.25. The largest absolute Gasteiger partial charge is 0.471 e. The van der Waals surface area contributed by atoms with E-state index in [1.165, 1.54) is 41.3 Å². The highest BCUT2D eigenvalue weighted by atomic mass is 32.2. The van der Waals surface area contributed by atoms with E-state index < -0.39 is 80.2 Å². The molecule has 1 saturated heterocycles. The maximum absolute atomic E-state index is 14.7. The van der Waals surface area contributed by atoms with Gasteiger partial charge in [-0.2, -0.15) is 0 Å². The summed E-state index contributed by atoms with van der Waals surface area (Å²) in [7, 11) is -4.00. The summed E-state index contributed by atoms with van der Waals surface area (Å²) >= 11 is 0. The quantitative estimate of drug-likeness (QED) is 0.283. The Morgan fingerprint density at radius 3 is 2.57 bits per heavy atom. The first-order valence-electron chi connectivity index (χ1n) is 19.0. The van der Waals surface area contributed by atoms with Gasteiger partial charge in [-0.05, 0) is 62.8 Å². The number of nitrogens with one attached hydrogen (secondary N) is 3. The number of carbonyl (C=O) groups is 4. The topological polar surface area (TPSA) is 177 Å². The summed E-state index contributed by atoms with van der Waals surface area (Å²) in [4.78, 5) is 67.0. The Labute approximate surface area is 323 Å². The number of aryl methyl sites for hydroxylation is 1. The van der Waals surface area contributed by atoms with E-state index in [4.69, 9.17) is 4.74 Å². The van der Waals surface area contributed by atoms with Crippen molar-refractivity contribution in [3.63, 3.8) is 0 Å². The van der Waals surface area contributed by atoms with Gasteiger partial charge in [-0.25, -0.2) is 27.2 Å². The van der Waals surface area contributed by atoms with Gasteiger partial charge in [0.1, 0.15) is 41.1 Å². The average Bonchev–Trinajstić information content (AvgIpc) is 3.95. The monoisotopic (exact) mass is 790 g/mol. The molecule has 4 amide bonds. The van der Waals surface area contributed by atoms with Crippen molar-refractivity contribution >= 4 is 44.7 Å². The zero-order chi connectivity index (χ0) is 39.8. The molecule has 2 aliphatic carbocycles. The number of rotatable bonds is 8. The minimum absolute atomic E-state index is 0.0369. The molecule has 3 heterocycles. The molecular formula is C40H44F2N6O7S. The van der Waals surface area contributed by atoms with E-state index in [0.717, 1.165) is 6.07 Å². The predicted molar refractivity (Wildman–Crippen MR) is 201 cm³/mol. The number of benzene rings is 2. The number of allylic oxidation sites excluding steroid dienone is 1. The minimum atomic E-state index is -4.00. The molecule has 3 aromatic rings. The molecule has 1 aromatic heterocycles. The van der Waals surface area contributed by atoms with Crippen LogP contribution in [0, 0.1) is 17.6 Å². The van der Waals surface area contributed by atoms with E-state index in [1.807, 2.05) is 13.0 Å². The molecule has 3 N–H and O–H groups in total. The van der Waals surface area contributed by atoms with Gasteiger partial charge in [-0.1, -0.05) is 56.2 Å². The van der Waals surface area contributed by atoms with Crippen molar-refractivity contribution in [2.75, 3.05) is 6.54 Å². The third-order valence-electron chi connectivity index (χ3n) is 11.0. The fourth-order valence-electron chi connectivity index (χ4n) is 7.75. The van der Waals surface area contributed by atoms with E-state index in [0.29, 0.717) is 61.7 Å². The van der Waals surface area contributed by atoms with Gasteiger partial charge in [-0.3, -0.25) is 23.9 Å². The summed E-state index contributed by atoms with van der Waals surface area (Å²) in [5.41, 5.74) is -0.178. The average molecular weight is 791 g/mol. The second-order valence-electron chi connectivity index (χ2n) is 15.0. The number of aromatic nitrogens is 2. The Balaban J connectivity index is 1.24. The highest BCUT2D eigenvalue weighted by molar-refractivity contribution is 7.91. The van der Waals surface area contributed by atoms with Crippen LogP contribution in [0.15, 0.2) is 66.8 Å². The number of carbonyl (C=O) groups excluding carboxylic acids is 4. The fourth-order valence-corrected chi connectivity index (χ4v) is 9.11. The number of nitrogens with zero attached hydrogens (tertiary/aromatic N) is 3. The van der Waals surface area contributed by atoms with E-state index in [2.05, 4.69) is 31.9 Å². The molecule has 16 heteroatoms. The molecule has 0 spiro atoms. The lowest BCUT2D eigenvalue weighted by Crippen LogP contribution is -2.70. The zero-order valence-corrected chi connectivity index (χ0v) is 31.7. The van der Waals surface area contributed by atoms with Gasteiger partial charge in [-0.15, -0.1) is 0 Å². The first kappa shape index (κ1) is 39.0. The number of hydrogen-bond donors (Lipinski definition) is 3. The summed E-state index contributed by atoms with van der Waals surface area (Å²) in [6.45, 7) is 5.78. The predicted octanol–water partition coefficient (Wildman–Crippen LogP) is 4.18. The molecule has 2 aromatic carbocycles. The summed E-state index contributed by atoms with van der Waals surface area (Å²) < 4.78 is 63.4. The van der Waals surface area contributed by atoms with Crippen molar-refractivity contribution in [2.24, 2.45) is 5.92 Å². The third kappa shape index (κ3) is 7.88. The number of ether oxygens (including phenoxy) is 1. The van der Waals surface area contributed by atoms with Crippen LogP contribution in [0.4, 0.5) is 8.78 Å². The summed E-state index contributed by atoms with van der Waals surface area (Å²) in [5.74, 6) is -4.98. The van der Waals surface area contributed by atoms with E-state index in [9.17, 15) is 36.4 Å². The number of sulfonamides is 1. The second kappa shape index (κ2) is 15.7. The SMILES string of the molecule is C=C1C[C@@]2(C(=O)NS(=O)(=O)C3CC3)NC(=O)[C@@H]3C[C@@H](Oc4nc5cc(F)ccc5nc4CC)CN3C(=O)[C@@H](NC(=O)c3ccccc3F)CCCCC/C=C\C12. The molecule has 2 saturated carbocycles. The van der Waals surface area contributed by atoms with Crippen LogP contribution in [-0.4, -0.2) is 82.4 Å². The maximum atomic E-state index is 14.7. The van der Waals surface area contributed by atoms with Crippen LogP contribution in [0.1, 0.15) is 80.8 Å². The smallest absolute Gasteiger partial charge is 0.260 e. The molecular weight excluding hydrogens is 747 g/mol. The van der Waals surface area contributed by atoms with Crippen molar-refractivity contribution in [1.82, 2.24) is 30.2 Å². The lowest BCUT2D eigenvalue weighted by Gasteiger charge is -2.49. The number of amides is 4. The van der Waals surface area contributed by atoms with Gasteiger partial charge in [0.05, 0.1) is 28.4 Å². The van der Waals surface area contributed by atoms with Gasteiger partial charge in [0, 0.05) is 24.8 Å². The molecule has 1 unspecified atom stereocenters. The molecule has 4 aliphatic rings. The first-order chi connectivity index (χ1) is 26.8. The Kier molecular flexibility index (Phi) is 10.9. The number of halogens is 2. The summed E-state index contributed by atoms with van der Waals surface area (Å²) in [6, 6.07) is 6.98. The number of fused-ring (bicyclic) bond motifs is 3. The van der Waals surface area contributed by atoms with Gasteiger partial charge in [0.2, 0.25) is 27.7 Å². The van der Waals surface area contributed by atoms with E-state index in [1.54, 1.807) is 6.08 Å². The van der Waals surface area contributed by atoms with Crippen LogP contribution in [0.3, 0.4) is 0 Å². The highest BCUT2D eigenvalue weighted by Crippen LogP contribution is 2.45. The Morgan fingerprint density at radius 2 is 1.84 bits per heavy atom. The first-order valence-corrected chi connectivity index (χ1v) is 20.6. The minimum Gasteiger partial charge on any atom is -0.471 e. The van der Waals surface area contributed by atoms with Gasteiger partial charge in [0.25, 0.3) is 11.8 Å². The molecule has 7 rings (SSSR count). The summed E-state index contributed by atoms with van der Waals surface area (Å²) in [5, 5.41) is 4.85. The molecule has 56 heavy (non-hydrogen) atoms. The normalized spacial score (nSPS) is 26.5. The molecule has 3 fully saturated rings. The number of hydrogen-bond acceptors (Lipinski definition) is 9. The Bertz CT molecular complexity index is 2230. The summed E-state index contributed by atoms with van der Waals surface area (Å²) in [6.07, 6.45) is 6.54. The Morgan fingerprint density at radius 1 is 1.05 bits per heavy atom. The standard InChI is InChI=1S/C40H44F2N6O7S/c1-3-30-37(45-33-19-24(41)15-18-31(33)43-30)55-25-20-34-36(50)46-40(39(52)47-56(53,54)26-16-17-26)21-23(2)28(40)12-7-5-4-6-8-14-32(38(51)48(34)22-25)44-35(49)27-11-9-10-13-29(27)42/h7,9-13,15,18-19,25-26,28,32,34H,2-6,8,14,16-17,20-22H2,1H3,(H,44,49)(H,46,50)(H,47,52)/b12-7-/t25-,28?,32+,34+,40-/m1/s1. The van der Waals surface area contributed by atoms with Crippen LogP contribution >= 0.6 is 0 Å². The van der Waals surface area contributed by atoms with Crippen LogP contribution < -0.4 is 20.1 Å². The third-order valence-corrected chi connectivity index (χ3v) is 12.8. The zero-order valence-electron chi connectivity index (χ0n) is 30.9. The van der Waals surface area contributed by atoms with Crippen LogP contribution in [0.5, 0.6) is 5.88 Å². The van der Waals surface area contributed by atoms with E-state index in [-0.39, 0.29) is 42.8 Å². The van der Waals surface area contributed by atoms with E-state index >= 15 is 0 Å². The van der Waals surface area contributed by atoms with Crippen molar-refractivity contribution in [3.05, 3.63) is 89.7 Å². The van der Waals surface area contributed by atoms with Gasteiger partial charge in [0.15, 0.2) is 0 Å². The molecule has 296 valence electrons. The van der Waals surface area contributed by atoms with Crippen molar-refractivity contribution in [3.8, 4) is 5.88 Å². The molecule has 0 bridgehead atoms. The lowest BCUT2D eigenvalue weighted by molar-refractivity contribution is -0.143. The molecule has 13 nitrogen and oxygen atoms in total. The van der Waals surface area contributed by atoms with Crippen molar-refractivity contribution in [1.29, 1.82) is 0 Å². The van der Waals surface area contributed by atoms with Crippen LogP contribution in [-0.2, 0) is 30.8 Å². The molecule has 5 atom stereocenters. The highest BCUT2D eigenvalue weighted by Gasteiger charge is 2.58. The van der Waals surface area contributed by atoms with Crippen LogP contribution in [0.2, 0.25) is 0 Å². The van der Waals surface area contributed by atoms with Crippen molar-refractivity contribution in [2.45, 2.75) is 100 Å². The maximum Gasteiger partial charge on any atom is 0.260 e. The van der Waals surface area contributed by atoms with Crippen molar-refractivity contribution < 1.29 is 41.1 Å². The lowest BCUT2D eigenvalue weighted by atomic mass is 9.62. The van der Waals surface area contributed by atoms with Crippen LogP contribution in [0.25, 0.3) is 11.0 Å². The molecule has 0 radical (unpaired) electrons. The van der Waals surface area contributed by atoms with Gasteiger partial charge >= 0.3 is 0 Å². The second-order valence-corrected chi connectivity index (χ2v) is 16.9. The fraction of sp³-hybridized carbons (Fsp3) is 0.450. The molecule has 2 aliphatic heterocycles.